The number of halogens is 3. The summed E-state index contributed by atoms with van der Waals surface area (Å²) < 4.78 is 40.6. The number of aromatic nitrogens is 3. The zero-order valence-electron chi connectivity index (χ0n) is 20.1. The molecule has 2 aliphatic rings. The van der Waals surface area contributed by atoms with Gasteiger partial charge in [-0.2, -0.15) is 18.4 Å². The van der Waals surface area contributed by atoms with Crippen LogP contribution >= 0.6 is 11.8 Å². The van der Waals surface area contributed by atoms with Gasteiger partial charge in [-0.3, -0.25) is 0 Å². The van der Waals surface area contributed by atoms with Crippen molar-refractivity contribution in [3.63, 3.8) is 0 Å². The largest absolute Gasteiger partial charge is 0.416 e. The first-order valence-corrected chi connectivity index (χ1v) is 13.2. The Morgan fingerprint density at radius 1 is 1.11 bits per heavy atom. The molecule has 3 aromatic rings. The van der Waals surface area contributed by atoms with Gasteiger partial charge in [-0.05, 0) is 66.9 Å². The fraction of sp³-hybridized carbons (Fsp3) is 0.444. The minimum absolute atomic E-state index is 0.244. The molecule has 5 nitrogen and oxygen atoms in total. The lowest BCUT2D eigenvalue weighted by atomic mass is 9.97. The van der Waals surface area contributed by atoms with Crippen LogP contribution < -0.4 is 0 Å². The van der Waals surface area contributed by atoms with Gasteiger partial charge in [-0.1, -0.05) is 48.2 Å². The molecule has 0 amide bonds. The van der Waals surface area contributed by atoms with E-state index in [1.165, 1.54) is 12.1 Å². The Bertz CT molecular complexity index is 1250. The average molecular weight is 512 g/mol. The molecule has 2 atom stereocenters. The van der Waals surface area contributed by atoms with Crippen molar-refractivity contribution in [2.24, 2.45) is 12.5 Å². The zero-order chi connectivity index (χ0) is 25.3. The van der Waals surface area contributed by atoms with Crippen molar-refractivity contribution in [2.45, 2.75) is 42.9 Å². The van der Waals surface area contributed by atoms with E-state index in [0.717, 1.165) is 72.3 Å². The number of thioether (sulfide) groups is 1. The Morgan fingerprint density at radius 2 is 1.86 bits per heavy atom. The third-order valence-corrected chi connectivity index (χ3v) is 8.58. The fourth-order valence-corrected chi connectivity index (χ4v) is 6.19. The number of nitrogens with zero attached hydrogens (tertiary/aromatic N) is 5. The van der Waals surface area contributed by atoms with Gasteiger partial charge >= 0.3 is 6.18 Å². The minimum Gasteiger partial charge on any atom is -0.305 e. The van der Waals surface area contributed by atoms with Crippen LogP contribution in [0, 0.1) is 16.7 Å². The van der Waals surface area contributed by atoms with Crippen LogP contribution in [0.3, 0.4) is 0 Å². The number of nitriles is 1. The molecular formula is C27H28F3N5S. The quantitative estimate of drug-likeness (QED) is 0.277. The second-order valence-corrected chi connectivity index (χ2v) is 10.9. The number of benzene rings is 2. The summed E-state index contributed by atoms with van der Waals surface area (Å²) in [5.74, 6) is 2.13. The molecule has 1 saturated heterocycles. The maximum absolute atomic E-state index is 12.9. The number of alkyl halides is 3. The molecule has 1 saturated carbocycles. The van der Waals surface area contributed by atoms with Gasteiger partial charge in [0.2, 0.25) is 0 Å². The Kier molecular flexibility index (Phi) is 6.84. The Labute approximate surface area is 213 Å². The highest BCUT2D eigenvalue weighted by Crippen LogP contribution is 2.64. The molecule has 1 spiro atoms. The van der Waals surface area contributed by atoms with Gasteiger partial charge in [0.1, 0.15) is 0 Å². The van der Waals surface area contributed by atoms with Gasteiger partial charge in [0, 0.05) is 24.9 Å². The van der Waals surface area contributed by atoms with Crippen LogP contribution in [-0.4, -0.2) is 45.1 Å². The summed E-state index contributed by atoms with van der Waals surface area (Å²) in [7, 11) is 1.97. The fourth-order valence-electron chi connectivity index (χ4n) is 5.36. The summed E-state index contributed by atoms with van der Waals surface area (Å²) >= 11 is 1.70. The van der Waals surface area contributed by atoms with E-state index in [1.807, 2.05) is 35.9 Å². The molecular weight excluding hydrogens is 483 g/mol. The van der Waals surface area contributed by atoms with Gasteiger partial charge < -0.3 is 9.47 Å². The summed E-state index contributed by atoms with van der Waals surface area (Å²) in [5, 5.41) is 18.4. The first-order valence-electron chi connectivity index (χ1n) is 12.2. The third kappa shape index (κ3) is 5.16. The zero-order valence-corrected chi connectivity index (χ0v) is 20.9. The molecule has 9 heteroatoms. The van der Waals surface area contributed by atoms with Crippen molar-refractivity contribution in [1.82, 2.24) is 19.7 Å². The van der Waals surface area contributed by atoms with E-state index in [9.17, 15) is 13.2 Å². The molecule has 5 rings (SSSR count). The van der Waals surface area contributed by atoms with Crippen LogP contribution in [0.2, 0.25) is 0 Å². The number of rotatable bonds is 8. The van der Waals surface area contributed by atoms with Crippen molar-refractivity contribution in [2.75, 3.05) is 25.4 Å². The van der Waals surface area contributed by atoms with E-state index in [-0.39, 0.29) is 5.41 Å². The predicted molar refractivity (Wildman–Crippen MR) is 133 cm³/mol. The van der Waals surface area contributed by atoms with Gasteiger partial charge in [-0.25, -0.2) is 0 Å². The second-order valence-electron chi connectivity index (χ2n) is 9.86. The molecule has 1 aromatic heterocycles. The predicted octanol–water partition coefficient (Wildman–Crippen LogP) is 5.93. The monoisotopic (exact) mass is 511 g/mol. The molecule has 0 radical (unpaired) electrons. The van der Waals surface area contributed by atoms with E-state index < -0.39 is 11.7 Å². The summed E-state index contributed by atoms with van der Waals surface area (Å²) in [5.41, 5.74) is 2.67. The van der Waals surface area contributed by atoms with Crippen molar-refractivity contribution in [1.29, 1.82) is 5.26 Å². The van der Waals surface area contributed by atoms with E-state index in [0.29, 0.717) is 12.3 Å². The molecule has 1 aliphatic carbocycles. The SMILES string of the molecule is Cn1c(SCCCN2CCC3(C[C@@H]3c3ccc(C(F)(F)F)cc3)C2)nnc1-c1ccc(CC#N)cc1. The molecule has 1 unspecified atom stereocenters. The van der Waals surface area contributed by atoms with Crippen LogP contribution in [0.1, 0.15) is 41.9 Å². The minimum atomic E-state index is -4.28. The molecule has 36 heavy (non-hydrogen) atoms. The summed E-state index contributed by atoms with van der Waals surface area (Å²) in [6, 6.07) is 15.8. The van der Waals surface area contributed by atoms with Gasteiger partial charge in [0.05, 0.1) is 18.1 Å². The maximum Gasteiger partial charge on any atom is 0.416 e. The summed E-state index contributed by atoms with van der Waals surface area (Å²) in [6.07, 6.45) is -0.655. The van der Waals surface area contributed by atoms with E-state index in [4.69, 9.17) is 5.26 Å². The molecule has 188 valence electrons. The van der Waals surface area contributed by atoms with E-state index in [1.54, 1.807) is 23.9 Å². The highest BCUT2D eigenvalue weighted by Gasteiger charge is 2.57. The van der Waals surface area contributed by atoms with Gasteiger partial charge in [0.15, 0.2) is 11.0 Å². The van der Waals surface area contributed by atoms with Gasteiger partial charge in [-0.15, -0.1) is 10.2 Å². The Balaban J connectivity index is 1.08. The molecule has 2 aromatic carbocycles. The first-order chi connectivity index (χ1) is 17.3. The Hall–Kier alpha value is -2.83. The van der Waals surface area contributed by atoms with E-state index in [2.05, 4.69) is 21.2 Å². The van der Waals surface area contributed by atoms with Crippen molar-refractivity contribution >= 4 is 11.8 Å². The number of hydrogen-bond donors (Lipinski definition) is 0. The lowest BCUT2D eigenvalue weighted by molar-refractivity contribution is -0.137. The molecule has 0 bridgehead atoms. The molecule has 1 aliphatic heterocycles. The van der Waals surface area contributed by atoms with Crippen LogP contribution in [0.4, 0.5) is 13.2 Å². The van der Waals surface area contributed by atoms with Crippen molar-refractivity contribution < 1.29 is 13.2 Å². The molecule has 2 heterocycles. The normalized spacial score (nSPS) is 21.7. The van der Waals surface area contributed by atoms with Crippen LogP contribution in [0.25, 0.3) is 11.4 Å². The second kappa shape index (κ2) is 9.91. The average Bonchev–Trinajstić information content (AvgIpc) is 3.21. The number of hydrogen-bond acceptors (Lipinski definition) is 5. The third-order valence-electron chi connectivity index (χ3n) is 7.47. The lowest BCUT2D eigenvalue weighted by Crippen LogP contribution is -2.23. The molecule has 0 N–H and O–H groups in total. The topological polar surface area (TPSA) is 57.7 Å². The summed E-state index contributed by atoms with van der Waals surface area (Å²) in [6.45, 7) is 3.09. The van der Waals surface area contributed by atoms with Gasteiger partial charge in [0.25, 0.3) is 0 Å². The Morgan fingerprint density at radius 3 is 2.56 bits per heavy atom. The van der Waals surface area contributed by atoms with Crippen LogP contribution in [0.15, 0.2) is 53.7 Å². The molecule has 2 fully saturated rings. The smallest absolute Gasteiger partial charge is 0.305 e. The van der Waals surface area contributed by atoms with Crippen LogP contribution in [0.5, 0.6) is 0 Å². The lowest BCUT2D eigenvalue weighted by Gasteiger charge is -2.16. The first kappa shape index (κ1) is 24.8. The number of likely N-dealkylation sites (tertiary alicyclic amines) is 1. The highest BCUT2D eigenvalue weighted by atomic mass is 32.2. The standard InChI is InChI=1S/C27H28F3N5S/c1-34-24(21-5-3-19(4-6-21)11-13-31)32-33-25(34)36-16-2-14-35-15-12-26(18-35)17-23(26)20-7-9-22(10-8-20)27(28,29)30/h3-10,23H,2,11-12,14-18H2,1H3/t23-,26?/m1/s1. The van der Waals surface area contributed by atoms with Crippen LogP contribution in [-0.2, 0) is 19.6 Å². The summed E-state index contributed by atoms with van der Waals surface area (Å²) in [4.78, 5) is 2.50. The van der Waals surface area contributed by atoms with Crippen molar-refractivity contribution in [3.05, 3.63) is 65.2 Å². The van der Waals surface area contributed by atoms with E-state index >= 15 is 0 Å². The maximum atomic E-state index is 12.9. The van der Waals surface area contributed by atoms with Crippen molar-refractivity contribution in [3.8, 4) is 17.5 Å². The highest BCUT2D eigenvalue weighted by molar-refractivity contribution is 7.99.